The monoisotopic (exact) mass is 701 g/mol. The van der Waals surface area contributed by atoms with E-state index in [4.69, 9.17) is 17.2 Å². The molecule has 3 aliphatic rings. The molecule has 4 heteroatoms. The summed E-state index contributed by atoms with van der Waals surface area (Å²) in [6, 6.07) is 18.0. The SMILES string of the molecule is CCCC1=[C]([Hf]([Cl])[Cl])C2=CC=C[C](=[Ge]([CH3])[CH3])C(C)C2=C1C1c2ccccc2-c2ccccc21. The van der Waals surface area contributed by atoms with Gasteiger partial charge in [-0.25, -0.2) is 0 Å². The number of fused-ring (bicyclic) bond motifs is 4. The van der Waals surface area contributed by atoms with E-state index < -0.39 is 33.0 Å². The fraction of sp³-hybridized carbons (Fsp3) is 0.276. The summed E-state index contributed by atoms with van der Waals surface area (Å²) < 4.78 is 3.00. The van der Waals surface area contributed by atoms with Crippen LogP contribution >= 0.6 is 17.2 Å². The van der Waals surface area contributed by atoms with Gasteiger partial charge >= 0.3 is 219 Å². The van der Waals surface area contributed by atoms with Crippen LogP contribution in [0.4, 0.5) is 0 Å². The fourth-order valence-corrected chi connectivity index (χ4v) is 15.9. The number of hydrogen-bond donors (Lipinski definition) is 0. The van der Waals surface area contributed by atoms with E-state index in [0.29, 0.717) is 5.92 Å². The van der Waals surface area contributed by atoms with E-state index in [-0.39, 0.29) is 5.92 Å². The Hall–Kier alpha value is -0.737. The molecule has 0 radical (unpaired) electrons. The average Bonchev–Trinajstić information content (AvgIpc) is 3.22. The van der Waals surface area contributed by atoms with Gasteiger partial charge in [-0.2, -0.15) is 0 Å². The first-order valence-corrected chi connectivity index (χ1v) is 27.8. The van der Waals surface area contributed by atoms with E-state index >= 15 is 0 Å². The third-order valence-electron chi connectivity index (χ3n) is 7.30. The van der Waals surface area contributed by atoms with E-state index in [1.165, 1.54) is 47.9 Å². The van der Waals surface area contributed by atoms with Crippen LogP contribution in [-0.2, 0) is 19.1 Å². The third kappa shape index (κ3) is 3.96. The minimum absolute atomic E-state index is 0.257. The first-order valence-electron chi connectivity index (χ1n) is 11.9. The summed E-state index contributed by atoms with van der Waals surface area (Å²) in [6.45, 7) is 4.71. The normalized spacial score (nSPS) is 19.4. The molecule has 5 rings (SSSR count). The second-order valence-electron chi connectivity index (χ2n) is 9.42. The molecular weight excluding hydrogens is 670 g/mol. The Kier molecular flexibility index (Phi) is 7.07. The molecule has 0 bridgehead atoms. The summed E-state index contributed by atoms with van der Waals surface area (Å²) in [6.07, 6.45) is 9.16. The molecule has 0 saturated carbocycles. The van der Waals surface area contributed by atoms with E-state index in [9.17, 15) is 0 Å². The first-order chi connectivity index (χ1) is 16.0. The van der Waals surface area contributed by atoms with Crippen molar-refractivity contribution in [2.24, 2.45) is 5.92 Å². The van der Waals surface area contributed by atoms with Gasteiger partial charge in [0, 0.05) is 0 Å². The summed E-state index contributed by atoms with van der Waals surface area (Å²) in [4.78, 5) is 0. The van der Waals surface area contributed by atoms with Gasteiger partial charge in [-0.1, -0.05) is 0 Å². The van der Waals surface area contributed by atoms with Crippen molar-refractivity contribution in [3.8, 4) is 11.1 Å². The van der Waals surface area contributed by atoms with Crippen molar-refractivity contribution >= 4 is 35.4 Å². The zero-order valence-electron chi connectivity index (χ0n) is 19.7. The van der Waals surface area contributed by atoms with Gasteiger partial charge in [0.2, 0.25) is 0 Å². The predicted octanol–water partition coefficient (Wildman–Crippen LogP) is 8.73. The van der Waals surface area contributed by atoms with Gasteiger partial charge in [-0.3, -0.25) is 0 Å². The van der Waals surface area contributed by atoms with Crippen molar-refractivity contribution in [3.63, 3.8) is 0 Å². The van der Waals surface area contributed by atoms with Gasteiger partial charge in [-0.05, 0) is 0 Å². The third-order valence-corrected chi connectivity index (χ3v) is 17.5. The Balaban J connectivity index is 1.87. The van der Waals surface area contributed by atoms with Crippen molar-refractivity contribution in [1.29, 1.82) is 0 Å². The summed E-state index contributed by atoms with van der Waals surface area (Å²) in [7, 11) is 13.9. The van der Waals surface area contributed by atoms with Crippen LogP contribution in [0.2, 0.25) is 11.5 Å². The molecule has 2 aromatic carbocycles. The Bertz CT molecular complexity index is 1240. The van der Waals surface area contributed by atoms with Crippen LogP contribution in [0.15, 0.2) is 92.4 Å². The molecule has 0 heterocycles. The van der Waals surface area contributed by atoms with Gasteiger partial charge < -0.3 is 0 Å². The predicted molar refractivity (Wildman–Crippen MR) is 143 cm³/mol. The Morgan fingerprint density at radius 3 is 2.06 bits per heavy atom. The molecular formula is C29H29Cl2GeHf. The van der Waals surface area contributed by atoms with Crippen LogP contribution in [0.3, 0.4) is 0 Å². The van der Waals surface area contributed by atoms with Crippen molar-refractivity contribution in [1.82, 2.24) is 0 Å². The molecule has 0 saturated heterocycles. The zero-order valence-corrected chi connectivity index (χ0v) is 26.9. The van der Waals surface area contributed by atoms with Gasteiger partial charge in [0.1, 0.15) is 0 Å². The van der Waals surface area contributed by atoms with E-state index in [2.05, 4.69) is 92.1 Å². The van der Waals surface area contributed by atoms with Crippen molar-refractivity contribution in [2.45, 2.75) is 44.1 Å². The Morgan fingerprint density at radius 1 is 0.909 bits per heavy atom. The molecule has 0 spiro atoms. The number of hydrogen-bond acceptors (Lipinski definition) is 0. The number of halogens is 2. The van der Waals surface area contributed by atoms with E-state index in [0.717, 1.165) is 12.8 Å². The van der Waals surface area contributed by atoms with Crippen LogP contribution in [0.25, 0.3) is 11.1 Å². The number of allylic oxidation sites excluding steroid dienone is 8. The summed E-state index contributed by atoms with van der Waals surface area (Å²) >= 11 is -4.15. The van der Waals surface area contributed by atoms with E-state index in [1.807, 2.05) is 0 Å². The van der Waals surface area contributed by atoms with Crippen molar-refractivity contribution < 1.29 is 19.1 Å². The molecule has 0 amide bonds. The Labute approximate surface area is 217 Å². The number of benzene rings is 2. The van der Waals surface area contributed by atoms with Crippen LogP contribution in [0, 0.1) is 5.92 Å². The number of rotatable bonds is 4. The fourth-order valence-electron chi connectivity index (χ4n) is 6.05. The molecule has 0 aliphatic heterocycles. The van der Waals surface area contributed by atoms with Crippen LogP contribution in [0.5, 0.6) is 0 Å². The van der Waals surface area contributed by atoms with Crippen molar-refractivity contribution in [2.75, 3.05) is 0 Å². The summed E-state index contributed by atoms with van der Waals surface area (Å²) in [5, 5.41) is 0. The standard InChI is InChI=1S/C29H29Ge.2ClH.Hf/c1-5-11-20-18-21-12-10-17-26(30(3)4)19(2)27(21)28(20)29-24-15-8-6-13-22(24)23-14-7-9-16-25(23)29;;;/h6-10,12-17,19,29H,5,11H2,1-4H3;2*1H;/q;;;+2/p-2. The molecule has 0 N–H and O–H groups in total. The van der Waals surface area contributed by atoms with Gasteiger partial charge in [0.05, 0.1) is 0 Å². The summed E-state index contributed by atoms with van der Waals surface area (Å²) in [5.41, 5.74) is 11.5. The molecule has 167 valence electrons. The maximum atomic E-state index is 6.94. The molecule has 0 fully saturated rings. The molecule has 1 atom stereocenters. The molecule has 0 nitrogen and oxygen atoms in total. The molecule has 33 heavy (non-hydrogen) atoms. The first kappa shape index (κ1) is 24.0. The minimum atomic E-state index is -2.89. The van der Waals surface area contributed by atoms with E-state index in [1.54, 1.807) is 4.35 Å². The van der Waals surface area contributed by atoms with Crippen LogP contribution < -0.4 is 0 Å². The Morgan fingerprint density at radius 2 is 1.52 bits per heavy atom. The molecule has 2 aromatic rings. The average molecular weight is 700 g/mol. The quantitative estimate of drug-likeness (QED) is 0.280. The molecule has 1 unspecified atom stereocenters. The van der Waals surface area contributed by atoms with Crippen LogP contribution in [0.1, 0.15) is 43.7 Å². The van der Waals surface area contributed by atoms with Crippen molar-refractivity contribution in [3.05, 3.63) is 104 Å². The van der Waals surface area contributed by atoms with Gasteiger partial charge in [0.15, 0.2) is 0 Å². The topological polar surface area (TPSA) is 0 Å². The maximum absolute atomic E-state index is 6.94. The summed E-state index contributed by atoms with van der Waals surface area (Å²) in [5.74, 6) is 5.62. The molecule has 0 aromatic heterocycles. The van der Waals surface area contributed by atoms with Crippen LogP contribution in [-0.4, -0.2) is 18.3 Å². The van der Waals surface area contributed by atoms with Gasteiger partial charge in [-0.15, -0.1) is 0 Å². The van der Waals surface area contributed by atoms with Gasteiger partial charge in [0.25, 0.3) is 0 Å². The molecule has 3 aliphatic carbocycles. The zero-order chi connectivity index (χ0) is 23.3. The second kappa shape index (κ2) is 9.72. The second-order valence-corrected chi connectivity index (χ2v) is 26.3.